The van der Waals surface area contributed by atoms with Crippen molar-refractivity contribution in [2.24, 2.45) is 0 Å². The van der Waals surface area contributed by atoms with Crippen LogP contribution in [-0.2, 0) is 11.8 Å². The van der Waals surface area contributed by atoms with Crippen LogP contribution in [0.2, 0.25) is 0 Å². The fourth-order valence-electron chi connectivity index (χ4n) is 6.88. The number of halogens is 1. The van der Waals surface area contributed by atoms with E-state index in [0.717, 1.165) is 49.9 Å². The van der Waals surface area contributed by atoms with E-state index < -0.39 is 0 Å². The van der Waals surface area contributed by atoms with Crippen molar-refractivity contribution in [3.63, 3.8) is 0 Å². The highest BCUT2D eigenvalue weighted by molar-refractivity contribution is 9.10. The summed E-state index contributed by atoms with van der Waals surface area (Å²) in [4.78, 5) is 0. The third kappa shape index (κ3) is 3.20. The van der Waals surface area contributed by atoms with E-state index in [4.69, 9.17) is 8.83 Å². The molecule has 1 aliphatic carbocycles. The summed E-state index contributed by atoms with van der Waals surface area (Å²) >= 11 is 3.77. The summed E-state index contributed by atoms with van der Waals surface area (Å²) in [7, 11) is 0. The first-order chi connectivity index (χ1) is 20.1. The molecule has 8 aromatic rings. The van der Waals surface area contributed by atoms with Crippen molar-refractivity contribution in [3.05, 3.63) is 131 Å². The number of hydrogen-bond donors (Lipinski definition) is 0. The van der Waals surface area contributed by atoms with Gasteiger partial charge in [0.05, 0.1) is 16.7 Å². The van der Waals surface area contributed by atoms with E-state index in [1.54, 1.807) is 0 Å². The van der Waals surface area contributed by atoms with E-state index in [-0.39, 0.29) is 5.41 Å². The van der Waals surface area contributed by atoms with Crippen molar-refractivity contribution < 1.29 is 8.83 Å². The molecule has 0 spiro atoms. The lowest BCUT2D eigenvalue weighted by molar-refractivity contribution is 0.550. The third-order valence-electron chi connectivity index (χ3n) is 8.90. The van der Waals surface area contributed by atoms with E-state index >= 15 is 0 Å². The van der Waals surface area contributed by atoms with E-state index in [0.29, 0.717) is 0 Å². The second-order valence-electron chi connectivity index (χ2n) is 11.3. The summed E-state index contributed by atoms with van der Waals surface area (Å²) < 4.78 is 16.1. The zero-order valence-electron chi connectivity index (χ0n) is 22.3. The number of furan rings is 2. The molecule has 4 heteroatoms. The van der Waals surface area contributed by atoms with Crippen molar-refractivity contribution >= 4 is 76.7 Å². The highest BCUT2D eigenvalue weighted by Crippen LogP contribution is 2.44. The molecule has 1 unspecified atom stereocenters. The molecular weight excluding hydrogens is 570 g/mol. The summed E-state index contributed by atoms with van der Waals surface area (Å²) in [6, 6.07) is 36.5. The van der Waals surface area contributed by atoms with Crippen molar-refractivity contribution in [1.82, 2.24) is 4.57 Å². The molecular formula is C37H24BrNO2. The number of aromatic nitrogens is 1. The molecule has 5 aromatic carbocycles. The molecule has 41 heavy (non-hydrogen) atoms. The Hall–Kier alpha value is -4.54. The molecule has 0 saturated heterocycles. The number of allylic oxidation sites excluding steroid dienone is 1. The maximum absolute atomic E-state index is 6.47. The average Bonchev–Trinajstić information content (AvgIpc) is 3.66. The fraction of sp³-hybridized carbons (Fsp3) is 0.0811. The summed E-state index contributed by atoms with van der Waals surface area (Å²) in [5.41, 5.74) is 8.52. The summed E-state index contributed by atoms with van der Waals surface area (Å²) in [6.45, 7) is 2.33. The first kappa shape index (κ1) is 23.2. The Kier molecular flexibility index (Phi) is 4.66. The van der Waals surface area contributed by atoms with Gasteiger partial charge in [-0.2, -0.15) is 0 Å². The van der Waals surface area contributed by atoms with Crippen molar-refractivity contribution in [2.45, 2.75) is 18.8 Å². The van der Waals surface area contributed by atoms with Crippen molar-refractivity contribution in [1.29, 1.82) is 0 Å². The Morgan fingerprint density at radius 1 is 0.707 bits per heavy atom. The number of benzene rings is 5. The minimum atomic E-state index is -0.171. The van der Waals surface area contributed by atoms with Gasteiger partial charge < -0.3 is 13.4 Å². The number of rotatable bonds is 2. The number of fused-ring (bicyclic) bond motifs is 9. The topological polar surface area (TPSA) is 31.2 Å². The smallest absolute Gasteiger partial charge is 0.159 e. The Balaban J connectivity index is 1.26. The van der Waals surface area contributed by atoms with Crippen LogP contribution in [0.15, 0.2) is 123 Å². The lowest BCUT2D eigenvalue weighted by Crippen LogP contribution is -2.24. The van der Waals surface area contributed by atoms with Crippen LogP contribution in [0.5, 0.6) is 0 Å². The monoisotopic (exact) mass is 593 g/mol. The highest BCUT2D eigenvalue weighted by Gasteiger charge is 2.32. The normalized spacial score (nSPS) is 16.9. The van der Waals surface area contributed by atoms with E-state index in [1.165, 1.54) is 38.3 Å². The molecule has 0 bridgehead atoms. The molecule has 0 fully saturated rings. The van der Waals surface area contributed by atoms with Crippen LogP contribution in [-0.4, -0.2) is 4.57 Å². The van der Waals surface area contributed by atoms with Gasteiger partial charge in [-0.1, -0.05) is 89.6 Å². The Bertz CT molecular complexity index is 2380. The molecule has 0 N–H and O–H groups in total. The maximum Gasteiger partial charge on any atom is 0.159 e. The van der Waals surface area contributed by atoms with Gasteiger partial charge in [0.25, 0.3) is 0 Å². The maximum atomic E-state index is 6.47. The van der Waals surface area contributed by atoms with E-state index in [1.807, 2.05) is 24.3 Å². The first-order valence-electron chi connectivity index (χ1n) is 13.9. The Morgan fingerprint density at radius 2 is 1.46 bits per heavy atom. The van der Waals surface area contributed by atoms with Gasteiger partial charge in [0.1, 0.15) is 16.9 Å². The van der Waals surface area contributed by atoms with Crippen LogP contribution < -0.4 is 0 Å². The molecule has 0 amide bonds. The fourth-order valence-corrected chi connectivity index (χ4v) is 7.46. The van der Waals surface area contributed by atoms with Crippen molar-refractivity contribution in [3.8, 4) is 5.69 Å². The number of para-hydroxylation sites is 3. The highest BCUT2D eigenvalue weighted by atomic mass is 79.9. The van der Waals surface area contributed by atoms with Gasteiger partial charge >= 0.3 is 0 Å². The lowest BCUT2D eigenvalue weighted by Gasteiger charge is -2.29. The zero-order chi connectivity index (χ0) is 27.3. The van der Waals surface area contributed by atoms with Crippen LogP contribution in [0.1, 0.15) is 23.8 Å². The van der Waals surface area contributed by atoms with E-state index in [9.17, 15) is 0 Å². The molecule has 9 rings (SSSR count). The predicted octanol–water partition coefficient (Wildman–Crippen LogP) is 10.7. The van der Waals surface area contributed by atoms with Gasteiger partial charge in [-0.05, 0) is 60.5 Å². The Morgan fingerprint density at radius 3 is 2.39 bits per heavy atom. The Labute approximate surface area is 244 Å². The van der Waals surface area contributed by atoms with Crippen LogP contribution in [0.4, 0.5) is 0 Å². The summed E-state index contributed by atoms with van der Waals surface area (Å²) in [6.07, 6.45) is 5.33. The van der Waals surface area contributed by atoms with Crippen LogP contribution in [0.3, 0.4) is 0 Å². The van der Waals surface area contributed by atoms with Crippen LogP contribution in [0.25, 0.3) is 66.5 Å². The average molecular weight is 595 g/mol. The molecule has 3 nitrogen and oxygen atoms in total. The van der Waals surface area contributed by atoms with Gasteiger partial charge in [0.15, 0.2) is 5.58 Å². The van der Waals surface area contributed by atoms with Crippen molar-refractivity contribution in [2.75, 3.05) is 0 Å². The molecule has 3 aromatic heterocycles. The first-order valence-corrected chi connectivity index (χ1v) is 14.7. The molecule has 0 saturated carbocycles. The van der Waals surface area contributed by atoms with E-state index in [2.05, 4.69) is 118 Å². The lowest BCUT2D eigenvalue weighted by atomic mass is 9.73. The minimum Gasteiger partial charge on any atom is -0.456 e. The SMILES string of the molecule is CC1(c2ccc3c(c2)c2ccccc2n3-c2cccc3c2oc2ccccc23)C=Cc2oc3cccc(Br)c3c2C1. The van der Waals surface area contributed by atoms with Gasteiger partial charge in [0, 0.05) is 42.4 Å². The second kappa shape index (κ2) is 8.25. The second-order valence-corrected chi connectivity index (χ2v) is 12.2. The zero-order valence-corrected chi connectivity index (χ0v) is 23.9. The molecule has 0 radical (unpaired) electrons. The number of nitrogens with zero attached hydrogens (tertiary/aromatic N) is 1. The summed E-state index contributed by atoms with van der Waals surface area (Å²) in [5, 5.41) is 5.93. The van der Waals surface area contributed by atoms with Gasteiger partial charge in [-0.15, -0.1) is 0 Å². The largest absolute Gasteiger partial charge is 0.456 e. The molecule has 0 aliphatic heterocycles. The quantitative estimate of drug-likeness (QED) is 0.199. The summed E-state index contributed by atoms with van der Waals surface area (Å²) in [5.74, 6) is 0.959. The van der Waals surface area contributed by atoms with Crippen LogP contribution >= 0.6 is 15.9 Å². The van der Waals surface area contributed by atoms with Gasteiger partial charge in [-0.3, -0.25) is 0 Å². The molecule has 1 aliphatic rings. The predicted molar refractivity (Wildman–Crippen MR) is 172 cm³/mol. The standard InChI is InChI=1S/C37H24BrNO2/c1-37(19-18-33-27(21-37)35-28(38)11-7-15-34(35)40-33)22-16-17-30-26(20-22)23-8-2-4-12-29(23)39(30)31-13-6-10-25-24-9-3-5-14-32(24)41-36(25)31/h2-20H,21H2,1H3. The third-order valence-corrected chi connectivity index (χ3v) is 9.56. The van der Waals surface area contributed by atoms with Crippen LogP contribution in [0, 0.1) is 0 Å². The van der Waals surface area contributed by atoms with Gasteiger partial charge in [-0.25, -0.2) is 0 Å². The van der Waals surface area contributed by atoms with Gasteiger partial charge in [0.2, 0.25) is 0 Å². The molecule has 3 heterocycles. The number of hydrogen-bond acceptors (Lipinski definition) is 2. The molecule has 1 atom stereocenters. The minimum absolute atomic E-state index is 0.171. The molecule has 196 valence electrons.